The Hall–Kier alpha value is -2.68. The zero-order chi connectivity index (χ0) is 15.2. The predicted molar refractivity (Wildman–Crippen MR) is 75.8 cm³/mol. The number of hydrogen-bond donors (Lipinski definition) is 3. The molecule has 6 nitrogen and oxygen atoms in total. The quantitative estimate of drug-likeness (QED) is 0.728. The maximum absolute atomic E-state index is 11.9. The van der Waals surface area contributed by atoms with Gasteiger partial charge >= 0.3 is 12.0 Å². The fraction of sp³-hybridized carbons (Fsp3) is 0.333. The minimum absolute atomic E-state index is 0.0624. The lowest BCUT2D eigenvalue weighted by Crippen LogP contribution is -2.47. The van der Waals surface area contributed by atoms with E-state index >= 15 is 0 Å². The molecule has 0 fully saturated rings. The summed E-state index contributed by atoms with van der Waals surface area (Å²) in [5.74, 6) is 1.80. The van der Waals surface area contributed by atoms with Crippen LogP contribution in [0.5, 0.6) is 5.75 Å². The lowest BCUT2D eigenvalue weighted by molar-refractivity contribution is -0.139. The summed E-state index contributed by atoms with van der Waals surface area (Å²) in [5, 5.41) is 14.1. The van der Waals surface area contributed by atoms with E-state index in [1.54, 1.807) is 0 Å². The molecule has 0 radical (unpaired) electrons. The van der Waals surface area contributed by atoms with Gasteiger partial charge in [-0.05, 0) is 6.07 Å². The Morgan fingerprint density at radius 2 is 2.24 bits per heavy atom. The maximum atomic E-state index is 11.9. The van der Waals surface area contributed by atoms with Crippen LogP contribution in [0, 0.1) is 12.3 Å². The number of carbonyl (C=O) groups is 2. The number of urea groups is 1. The Morgan fingerprint density at radius 1 is 1.48 bits per heavy atom. The van der Waals surface area contributed by atoms with Crippen LogP contribution < -0.4 is 15.4 Å². The van der Waals surface area contributed by atoms with Crippen LogP contribution in [0.2, 0.25) is 0 Å². The standard InChI is InChI=1S/C15H16N2O4/c1-2-5-12(14(18)19)17-15(20)16-11-8-9-21-13-7-4-3-6-10(11)13/h1,3-4,6-7,11-12H,5,8-9H2,(H,18,19)(H2,16,17,20). The van der Waals surface area contributed by atoms with E-state index in [0.29, 0.717) is 13.0 Å². The highest BCUT2D eigenvalue weighted by molar-refractivity contribution is 5.83. The number of hydrogen-bond acceptors (Lipinski definition) is 3. The monoisotopic (exact) mass is 288 g/mol. The lowest BCUT2D eigenvalue weighted by Gasteiger charge is -2.27. The van der Waals surface area contributed by atoms with Crippen molar-refractivity contribution >= 4 is 12.0 Å². The Balaban J connectivity index is 2.01. The van der Waals surface area contributed by atoms with Crippen molar-refractivity contribution in [3.8, 4) is 18.1 Å². The Morgan fingerprint density at radius 3 is 2.95 bits per heavy atom. The molecule has 6 heteroatoms. The van der Waals surface area contributed by atoms with Crippen LogP contribution in [0.3, 0.4) is 0 Å². The Kier molecular flexibility index (Phi) is 4.67. The summed E-state index contributed by atoms with van der Waals surface area (Å²) in [6, 6.07) is 5.56. The number of amides is 2. The molecule has 1 aromatic carbocycles. The molecule has 0 bridgehead atoms. The molecule has 21 heavy (non-hydrogen) atoms. The van der Waals surface area contributed by atoms with E-state index in [0.717, 1.165) is 11.3 Å². The molecule has 0 spiro atoms. The SMILES string of the molecule is C#CCC(NC(=O)NC1CCOc2ccccc21)C(=O)O. The average Bonchev–Trinajstić information content (AvgIpc) is 2.47. The van der Waals surface area contributed by atoms with E-state index in [-0.39, 0.29) is 12.5 Å². The van der Waals surface area contributed by atoms with Gasteiger partial charge in [-0.1, -0.05) is 18.2 Å². The van der Waals surface area contributed by atoms with Gasteiger partial charge < -0.3 is 20.5 Å². The summed E-state index contributed by atoms with van der Waals surface area (Å²) in [7, 11) is 0. The maximum Gasteiger partial charge on any atom is 0.327 e. The third-order valence-electron chi connectivity index (χ3n) is 3.19. The zero-order valence-corrected chi connectivity index (χ0v) is 11.3. The minimum Gasteiger partial charge on any atom is -0.493 e. The molecule has 3 N–H and O–H groups in total. The first-order valence-corrected chi connectivity index (χ1v) is 6.57. The highest BCUT2D eigenvalue weighted by Gasteiger charge is 2.25. The third kappa shape index (κ3) is 3.66. The first kappa shape index (κ1) is 14.7. The van der Waals surface area contributed by atoms with Gasteiger partial charge in [-0.25, -0.2) is 9.59 Å². The van der Waals surface area contributed by atoms with Crippen LogP contribution >= 0.6 is 0 Å². The number of ether oxygens (including phenoxy) is 1. The van der Waals surface area contributed by atoms with Gasteiger partial charge in [0, 0.05) is 18.4 Å². The molecule has 2 unspecified atom stereocenters. The molecule has 0 aliphatic carbocycles. The number of benzene rings is 1. The van der Waals surface area contributed by atoms with Crippen LogP contribution in [0.4, 0.5) is 4.79 Å². The molecular weight excluding hydrogens is 272 g/mol. The van der Waals surface area contributed by atoms with Crippen LogP contribution in [-0.4, -0.2) is 29.8 Å². The molecule has 110 valence electrons. The molecule has 1 aliphatic rings. The number of carboxylic acids is 1. The van der Waals surface area contributed by atoms with Gasteiger partial charge in [0.25, 0.3) is 0 Å². The van der Waals surface area contributed by atoms with Crippen molar-refractivity contribution in [1.29, 1.82) is 0 Å². The summed E-state index contributed by atoms with van der Waals surface area (Å²) in [4.78, 5) is 22.9. The lowest BCUT2D eigenvalue weighted by atomic mass is 10.0. The topological polar surface area (TPSA) is 87.7 Å². The largest absolute Gasteiger partial charge is 0.493 e. The molecule has 1 heterocycles. The predicted octanol–water partition coefficient (Wildman–Crippen LogP) is 1.29. The number of carbonyl (C=O) groups excluding carboxylic acids is 1. The molecule has 1 aromatic rings. The van der Waals surface area contributed by atoms with Crippen molar-refractivity contribution in [3.63, 3.8) is 0 Å². The van der Waals surface area contributed by atoms with Crippen LogP contribution in [0.15, 0.2) is 24.3 Å². The zero-order valence-electron chi connectivity index (χ0n) is 11.3. The number of terminal acetylenes is 1. The van der Waals surface area contributed by atoms with Gasteiger partial charge in [0.1, 0.15) is 11.8 Å². The number of fused-ring (bicyclic) bond motifs is 1. The van der Waals surface area contributed by atoms with Crippen molar-refractivity contribution in [2.24, 2.45) is 0 Å². The second-order valence-electron chi connectivity index (χ2n) is 4.64. The summed E-state index contributed by atoms with van der Waals surface area (Å²) in [6.45, 7) is 0.495. The van der Waals surface area contributed by atoms with E-state index in [2.05, 4.69) is 16.6 Å². The van der Waals surface area contributed by atoms with Gasteiger partial charge in [-0.3, -0.25) is 0 Å². The molecule has 0 aromatic heterocycles. The molecule has 1 aliphatic heterocycles. The minimum atomic E-state index is -1.16. The van der Waals surface area contributed by atoms with E-state index in [9.17, 15) is 9.59 Å². The van der Waals surface area contributed by atoms with Crippen LogP contribution in [0.1, 0.15) is 24.4 Å². The summed E-state index contributed by atoms with van der Waals surface area (Å²) < 4.78 is 5.50. The van der Waals surface area contributed by atoms with Crippen molar-refractivity contribution in [2.45, 2.75) is 24.9 Å². The number of nitrogens with one attached hydrogen (secondary N) is 2. The van der Waals surface area contributed by atoms with Gasteiger partial charge in [0.05, 0.1) is 12.6 Å². The number of rotatable bonds is 4. The second-order valence-corrected chi connectivity index (χ2v) is 4.64. The molecule has 0 saturated carbocycles. The smallest absolute Gasteiger partial charge is 0.327 e. The first-order chi connectivity index (χ1) is 10.1. The van der Waals surface area contributed by atoms with E-state index in [1.165, 1.54) is 0 Å². The first-order valence-electron chi connectivity index (χ1n) is 6.57. The molecule has 2 rings (SSSR count). The van der Waals surface area contributed by atoms with Crippen molar-refractivity contribution in [1.82, 2.24) is 10.6 Å². The third-order valence-corrected chi connectivity index (χ3v) is 3.19. The van der Waals surface area contributed by atoms with E-state index < -0.39 is 18.0 Å². The fourth-order valence-electron chi connectivity index (χ4n) is 2.17. The number of carboxylic acid groups (broad SMARTS) is 1. The fourth-order valence-corrected chi connectivity index (χ4v) is 2.17. The summed E-state index contributed by atoms with van der Waals surface area (Å²) >= 11 is 0. The van der Waals surface area contributed by atoms with Crippen molar-refractivity contribution in [3.05, 3.63) is 29.8 Å². The van der Waals surface area contributed by atoms with Crippen LogP contribution in [0.25, 0.3) is 0 Å². The second kappa shape index (κ2) is 6.66. The summed E-state index contributed by atoms with van der Waals surface area (Å²) in [6.07, 6.45) is 5.65. The van der Waals surface area contributed by atoms with Gasteiger partial charge in [-0.2, -0.15) is 0 Å². The Bertz CT molecular complexity index is 579. The Labute approximate surface area is 122 Å². The van der Waals surface area contributed by atoms with Gasteiger partial charge in [-0.15, -0.1) is 12.3 Å². The van der Waals surface area contributed by atoms with E-state index in [4.69, 9.17) is 16.3 Å². The molecule has 0 saturated heterocycles. The van der Waals surface area contributed by atoms with Crippen molar-refractivity contribution in [2.75, 3.05) is 6.61 Å². The molecular formula is C15H16N2O4. The average molecular weight is 288 g/mol. The highest BCUT2D eigenvalue weighted by Crippen LogP contribution is 2.31. The molecule has 2 amide bonds. The number of aliphatic carboxylic acids is 1. The van der Waals surface area contributed by atoms with Gasteiger partial charge in [0.15, 0.2) is 0 Å². The van der Waals surface area contributed by atoms with Gasteiger partial charge in [0.2, 0.25) is 0 Å². The van der Waals surface area contributed by atoms with Crippen LogP contribution in [-0.2, 0) is 4.79 Å². The molecule has 2 atom stereocenters. The summed E-state index contributed by atoms with van der Waals surface area (Å²) in [5.41, 5.74) is 0.878. The number of para-hydroxylation sites is 1. The highest BCUT2D eigenvalue weighted by atomic mass is 16.5. The van der Waals surface area contributed by atoms with E-state index in [1.807, 2.05) is 24.3 Å². The normalized spacial score (nSPS) is 17.6. The van der Waals surface area contributed by atoms with Crippen molar-refractivity contribution < 1.29 is 19.4 Å².